The van der Waals surface area contributed by atoms with Gasteiger partial charge in [0.1, 0.15) is 5.69 Å². The van der Waals surface area contributed by atoms with Crippen molar-refractivity contribution in [1.29, 1.82) is 0 Å². The van der Waals surface area contributed by atoms with Gasteiger partial charge in [0, 0.05) is 41.9 Å². The molecule has 3 rings (SSSR count). The summed E-state index contributed by atoms with van der Waals surface area (Å²) < 4.78 is 40.7. The van der Waals surface area contributed by atoms with Gasteiger partial charge in [0.2, 0.25) is 0 Å². The molecule has 0 saturated heterocycles. The third kappa shape index (κ3) is 5.86. The number of H-pyrrole nitrogens is 1. The highest BCUT2D eigenvalue weighted by atomic mass is 35.5. The average molecular weight is 516 g/mol. The predicted molar refractivity (Wildman–Crippen MR) is 131 cm³/mol. The second-order valence-corrected chi connectivity index (χ2v) is 9.76. The number of rotatable bonds is 7. The van der Waals surface area contributed by atoms with E-state index < -0.39 is 35.4 Å². The van der Waals surface area contributed by atoms with Crippen molar-refractivity contribution in [2.45, 2.75) is 64.3 Å². The lowest BCUT2D eigenvalue weighted by molar-refractivity contribution is -0.142. The molecule has 0 aliphatic heterocycles. The van der Waals surface area contributed by atoms with Crippen molar-refractivity contribution in [2.75, 3.05) is 25.5 Å². The molecule has 0 radical (unpaired) electrons. The maximum atomic E-state index is 13.3. The van der Waals surface area contributed by atoms with Crippen LogP contribution in [0.4, 0.5) is 18.9 Å². The smallest absolute Gasteiger partial charge is 0.369 e. The van der Waals surface area contributed by atoms with Crippen LogP contribution in [0.1, 0.15) is 59.8 Å². The zero-order valence-corrected chi connectivity index (χ0v) is 21.5. The Kier molecular flexibility index (Phi) is 8.26. The van der Waals surface area contributed by atoms with Crippen LogP contribution in [-0.2, 0) is 19.8 Å². The lowest BCUT2D eigenvalue weighted by atomic mass is 9.89. The molecule has 1 fully saturated rings. The molecular weight excluding hydrogens is 483 g/mol. The normalized spacial score (nSPS) is 18.7. The first-order chi connectivity index (χ1) is 16.3. The summed E-state index contributed by atoms with van der Waals surface area (Å²) in [6, 6.07) is 4.20. The van der Waals surface area contributed by atoms with Crippen molar-refractivity contribution in [3.8, 4) is 0 Å². The molecule has 0 atom stereocenters. The van der Waals surface area contributed by atoms with Crippen LogP contribution in [0.2, 0.25) is 5.02 Å². The molecule has 1 saturated carbocycles. The highest BCUT2D eigenvalue weighted by molar-refractivity contribution is 6.31. The Morgan fingerprint density at radius 2 is 1.80 bits per heavy atom. The van der Waals surface area contributed by atoms with Gasteiger partial charge in [-0.1, -0.05) is 11.6 Å². The third-order valence-electron chi connectivity index (χ3n) is 6.93. The van der Waals surface area contributed by atoms with Crippen LogP contribution >= 0.6 is 11.6 Å². The zero-order valence-electron chi connectivity index (χ0n) is 20.7. The number of nitrogens with zero attached hydrogens (tertiary/aromatic N) is 3. The molecule has 194 valence electrons. The molecule has 0 spiro atoms. The predicted octanol–water partition coefficient (Wildman–Crippen LogP) is 4.32. The van der Waals surface area contributed by atoms with Gasteiger partial charge in [-0.15, -0.1) is 0 Å². The molecule has 1 amide bonds. The summed E-state index contributed by atoms with van der Waals surface area (Å²) in [5, 5.41) is 4.85. The number of amides is 1. The fraction of sp³-hybridized carbons (Fsp3) is 0.583. The maximum absolute atomic E-state index is 13.3. The van der Waals surface area contributed by atoms with Crippen LogP contribution in [0.5, 0.6) is 0 Å². The summed E-state index contributed by atoms with van der Waals surface area (Å²) in [5.41, 5.74) is -0.741. The molecule has 2 N–H and O–H groups in total. The van der Waals surface area contributed by atoms with Crippen molar-refractivity contribution in [3.05, 3.63) is 49.9 Å². The minimum atomic E-state index is -4.74. The van der Waals surface area contributed by atoms with Gasteiger partial charge in [0.15, 0.2) is 0 Å². The largest absolute Gasteiger partial charge is 0.433 e. The van der Waals surface area contributed by atoms with Crippen molar-refractivity contribution < 1.29 is 18.0 Å². The van der Waals surface area contributed by atoms with Crippen LogP contribution in [0, 0.1) is 6.92 Å². The summed E-state index contributed by atoms with van der Waals surface area (Å²) in [7, 11) is 5.38. The number of hydrogen-bond donors (Lipinski definition) is 2. The first-order valence-electron chi connectivity index (χ1n) is 11.7. The monoisotopic (exact) mass is 515 g/mol. The summed E-state index contributed by atoms with van der Waals surface area (Å²) in [6.07, 6.45) is -0.558. The molecule has 1 aliphatic carbocycles. The fourth-order valence-electron chi connectivity index (χ4n) is 4.97. The summed E-state index contributed by atoms with van der Waals surface area (Å²) in [6.45, 7) is 4.04. The topological polar surface area (TPSA) is 73.4 Å². The Morgan fingerprint density at radius 1 is 1.20 bits per heavy atom. The number of benzene rings is 1. The first-order valence-corrected chi connectivity index (χ1v) is 12.1. The zero-order chi connectivity index (χ0) is 26.1. The first kappa shape index (κ1) is 27.1. The number of carbonyl (C=O) groups is 1. The number of carbonyl (C=O) groups excluding carboxylic acids is 1. The van der Waals surface area contributed by atoms with Crippen LogP contribution in [0.25, 0.3) is 0 Å². The quantitative estimate of drug-likeness (QED) is 0.576. The van der Waals surface area contributed by atoms with Crippen LogP contribution in [-0.4, -0.2) is 53.3 Å². The average Bonchev–Trinajstić information content (AvgIpc) is 3.09. The second-order valence-electron chi connectivity index (χ2n) is 9.32. The Morgan fingerprint density at radius 3 is 2.34 bits per heavy atom. The number of aromatic amines is 1. The van der Waals surface area contributed by atoms with Crippen molar-refractivity contribution in [3.63, 3.8) is 0 Å². The standard InChI is InChI=1S/C24H33ClF3N5O2/c1-6-33(17-9-7-16(8-10-17)31(3)4)20-12-15(25)11-18(14(20)2)22(34)29-13-19-21(24(26,27)28)30-32(5)23(19)35/h11-12,16-17,30H,6-10,13H2,1-5H3,(H,29,34)/t16-,17-. The van der Waals surface area contributed by atoms with Crippen molar-refractivity contribution in [1.82, 2.24) is 20.0 Å². The van der Waals surface area contributed by atoms with E-state index in [1.807, 2.05) is 18.1 Å². The van der Waals surface area contributed by atoms with Crippen LogP contribution in [0.3, 0.4) is 0 Å². The number of hydrogen-bond acceptors (Lipinski definition) is 4. The molecule has 1 aromatic carbocycles. The number of anilines is 1. The van der Waals surface area contributed by atoms with Crippen LogP contribution in [0.15, 0.2) is 16.9 Å². The lowest BCUT2D eigenvalue weighted by Gasteiger charge is -2.40. The molecule has 11 heteroatoms. The van der Waals surface area contributed by atoms with E-state index in [0.717, 1.165) is 42.6 Å². The Bertz CT molecular complexity index is 1120. The minimum absolute atomic E-state index is 0.272. The Balaban J connectivity index is 1.84. The Labute approximate surface area is 208 Å². The number of aromatic nitrogens is 2. The van der Waals surface area contributed by atoms with E-state index in [0.29, 0.717) is 22.7 Å². The summed E-state index contributed by atoms with van der Waals surface area (Å²) >= 11 is 6.38. The van der Waals surface area contributed by atoms with Gasteiger partial charge in [-0.3, -0.25) is 19.4 Å². The molecule has 1 aliphatic rings. The number of alkyl halides is 3. The molecule has 1 heterocycles. The van der Waals surface area contributed by atoms with E-state index in [-0.39, 0.29) is 5.56 Å². The van der Waals surface area contributed by atoms with E-state index in [1.54, 1.807) is 0 Å². The second kappa shape index (κ2) is 10.7. The minimum Gasteiger partial charge on any atom is -0.369 e. The molecule has 2 aromatic rings. The molecular formula is C24H33ClF3N5O2. The fourth-order valence-corrected chi connectivity index (χ4v) is 5.18. The number of aryl methyl sites for hydroxylation is 1. The van der Waals surface area contributed by atoms with E-state index in [9.17, 15) is 22.8 Å². The van der Waals surface area contributed by atoms with Gasteiger partial charge in [-0.2, -0.15) is 13.2 Å². The van der Waals surface area contributed by atoms with Crippen LogP contribution < -0.4 is 15.8 Å². The van der Waals surface area contributed by atoms with E-state index in [1.165, 1.54) is 13.1 Å². The van der Waals surface area contributed by atoms with Gasteiger partial charge >= 0.3 is 6.18 Å². The van der Waals surface area contributed by atoms with Crippen molar-refractivity contribution in [2.24, 2.45) is 7.05 Å². The summed E-state index contributed by atoms with van der Waals surface area (Å²) in [5.74, 6) is -0.588. The van der Waals surface area contributed by atoms with Gasteiger partial charge in [0.05, 0.1) is 12.1 Å². The third-order valence-corrected chi connectivity index (χ3v) is 7.15. The Hall–Kier alpha value is -2.46. The summed E-state index contributed by atoms with van der Waals surface area (Å²) in [4.78, 5) is 29.7. The molecule has 35 heavy (non-hydrogen) atoms. The van der Waals surface area contributed by atoms with Crippen molar-refractivity contribution >= 4 is 23.2 Å². The highest BCUT2D eigenvalue weighted by Crippen LogP contribution is 2.34. The van der Waals surface area contributed by atoms with Gasteiger partial charge in [0.25, 0.3) is 11.5 Å². The number of nitrogens with one attached hydrogen (secondary N) is 2. The molecule has 0 bridgehead atoms. The SMILES string of the molecule is CCN(c1cc(Cl)cc(C(=O)NCc2c(C(F)(F)F)[nH]n(C)c2=O)c1C)[C@H]1CC[C@H](N(C)C)CC1. The molecule has 1 aromatic heterocycles. The van der Waals surface area contributed by atoms with E-state index in [2.05, 4.69) is 36.1 Å². The highest BCUT2D eigenvalue weighted by Gasteiger charge is 2.37. The maximum Gasteiger partial charge on any atom is 0.433 e. The number of halogens is 4. The lowest BCUT2D eigenvalue weighted by Crippen LogP contribution is -2.42. The molecule has 7 nitrogen and oxygen atoms in total. The van der Waals surface area contributed by atoms with E-state index >= 15 is 0 Å². The van der Waals surface area contributed by atoms with Gasteiger partial charge < -0.3 is 15.1 Å². The van der Waals surface area contributed by atoms with E-state index in [4.69, 9.17) is 11.6 Å². The van der Waals surface area contributed by atoms with Gasteiger partial charge in [-0.05, 0) is 71.3 Å². The van der Waals surface area contributed by atoms with Gasteiger partial charge in [-0.25, -0.2) is 0 Å². The molecule has 0 unspecified atom stereocenters.